The van der Waals surface area contributed by atoms with Gasteiger partial charge in [-0.2, -0.15) is 0 Å². The Morgan fingerprint density at radius 2 is 0.944 bits per heavy atom. The Balaban J connectivity index is -0.000000198. The van der Waals surface area contributed by atoms with Crippen LogP contribution >= 0.6 is 0 Å². The SMILES string of the molecule is F[B-](F)(F)F.[CH2][C]([CH2])C.[CH]1[CH]CC[CH][CH]CC1.[Pd]. The zero-order chi connectivity index (χ0) is 13.7. The Kier molecular flexibility index (Phi) is 20.3. The van der Waals surface area contributed by atoms with Crippen molar-refractivity contribution >= 4 is 7.25 Å². The zero-order valence-electron chi connectivity index (χ0n) is 10.5. The largest absolute Gasteiger partial charge is 0.673 e. The predicted molar refractivity (Wildman–Crippen MR) is 65.5 cm³/mol. The van der Waals surface area contributed by atoms with E-state index in [2.05, 4.69) is 39.5 Å². The van der Waals surface area contributed by atoms with E-state index in [0.29, 0.717) is 0 Å². The van der Waals surface area contributed by atoms with Crippen LogP contribution in [0.15, 0.2) is 0 Å². The third kappa shape index (κ3) is 55.0. The maximum absolute atomic E-state index is 9.75. The minimum absolute atomic E-state index is 0. The van der Waals surface area contributed by atoms with Gasteiger partial charge in [-0.3, -0.25) is 0 Å². The van der Waals surface area contributed by atoms with Crippen LogP contribution in [0.4, 0.5) is 17.3 Å². The fraction of sp³-hybridized carbons (Fsp3) is 0.417. The van der Waals surface area contributed by atoms with Gasteiger partial charge in [-0.1, -0.05) is 6.92 Å². The van der Waals surface area contributed by atoms with Crippen molar-refractivity contribution in [2.75, 3.05) is 0 Å². The molecule has 0 aromatic carbocycles. The molecule has 109 valence electrons. The van der Waals surface area contributed by atoms with E-state index in [1.165, 1.54) is 25.7 Å². The molecular formula is C12H19BF4Pd-. The van der Waals surface area contributed by atoms with Crippen LogP contribution in [0.1, 0.15) is 32.6 Å². The molecule has 1 fully saturated rings. The molecule has 18 heavy (non-hydrogen) atoms. The summed E-state index contributed by atoms with van der Waals surface area (Å²) in [5.74, 6) is 0.917. The van der Waals surface area contributed by atoms with Gasteiger partial charge in [0.15, 0.2) is 0 Å². The van der Waals surface area contributed by atoms with Gasteiger partial charge in [0, 0.05) is 20.4 Å². The van der Waals surface area contributed by atoms with Crippen LogP contribution in [0, 0.1) is 45.4 Å². The standard InChI is InChI=1S/C8H12.C4H7.BF4.Pd/c1-2-4-6-8-7-5-3-1;1-4(2)3;2-1(3,4)5;/h1-2,7-8H,3-6H2;1-2H2,3H3;;/q;;-1;. The summed E-state index contributed by atoms with van der Waals surface area (Å²) < 4.78 is 39.0. The van der Waals surface area contributed by atoms with Gasteiger partial charge < -0.3 is 17.3 Å². The fourth-order valence-corrected chi connectivity index (χ4v) is 0.856. The van der Waals surface area contributed by atoms with Gasteiger partial charge in [-0.05, 0) is 71.1 Å². The molecule has 0 aromatic rings. The van der Waals surface area contributed by atoms with Crippen molar-refractivity contribution in [1.29, 1.82) is 0 Å². The minimum atomic E-state index is -6.00. The Bertz CT molecular complexity index is 119. The second kappa shape index (κ2) is 15.5. The van der Waals surface area contributed by atoms with Crippen LogP contribution in [-0.4, -0.2) is 7.25 Å². The molecule has 0 bridgehead atoms. The van der Waals surface area contributed by atoms with Crippen molar-refractivity contribution in [2.45, 2.75) is 32.6 Å². The van der Waals surface area contributed by atoms with Gasteiger partial charge in [0.25, 0.3) is 0 Å². The molecule has 7 radical (unpaired) electrons. The second-order valence-corrected chi connectivity index (χ2v) is 3.55. The summed E-state index contributed by atoms with van der Waals surface area (Å²) in [4.78, 5) is 0. The first kappa shape index (κ1) is 23.5. The number of rotatable bonds is 0. The molecule has 1 aliphatic rings. The minimum Gasteiger partial charge on any atom is -0.418 e. The van der Waals surface area contributed by atoms with Gasteiger partial charge in [0.05, 0.1) is 0 Å². The molecule has 1 rings (SSSR count). The molecule has 0 nitrogen and oxygen atoms in total. The summed E-state index contributed by atoms with van der Waals surface area (Å²) in [7, 11) is -6.00. The van der Waals surface area contributed by atoms with Crippen LogP contribution in [0.2, 0.25) is 0 Å². The summed E-state index contributed by atoms with van der Waals surface area (Å²) in [5, 5.41) is 0. The molecule has 1 saturated carbocycles. The first-order valence-electron chi connectivity index (χ1n) is 5.38. The molecule has 0 unspecified atom stereocenters. The Hall–Kier alpha value is 0.447. The van der Waals surface area contributed by atoms with E-state index >= 15 is 0 Å². The fourth-order valence-electron chi connectivity index (χ4n) is 0.856. The maximum atomic E-state index is 9.75. The molecule has 0 spiro atoms. The Morgan fingerprint density at radius 1 is 0.833 bits per heavy atom. The van der Waals surface area contributed by atoms with Crippen molar-refractivity contribution in [3.8, 4) is 0 Å². The molecule has 0 amide bonds. The van der Waals surface area contributed by atoms with Crippen molar-refractivity contribution in [3.05, 3.63) is 45.4 Å². The Morgan fingerprint density at radius 3 is 1.06 bits per heavy atom. The first-order chi connectivity index (χ1) is 7.73. The van der Waals surface area contributed by atoms with Crippen LogP contribution < -0.4 is 0 Å². The van der Waals surface area contributed by atoms with E-state index in [0.717, 1.165) is 5.92 Å². The summed E-state index contributed by atoms with van der Waals surface area (Å²) in [6, 6.07) is 0. The smallest absolute Gasteiger partial charge is 0.418 e. The zero-order valence-corrected chi connectivity index (χ0v) is 12.0. The van der Waals surface area contributed by atoms with Gasteiger partial charge in [0.2, 0.25) is 0 Å². The van der Waals surface area contributed by atoms with E-state index in [4.69, 9.17) is 0 Å². The van der Waals surface area contributed by atoms with E-state index in [1.54, 1.807) is 0 Å². The monoisotopic (exact) mass is 356 g/mol. The molecule has 0 saturated heterocycles. The number of halogens is 4. The quantitative estimate of drug-likeness (QED) is 0.427. The van der Waals surface area contributed by atoms with Crippen molar-refractivity contribution in [3.63, 3.8) is 0 Å². The van der Waals surface area contributed by atoms with Crippen LogP contribution in [0.5, 0.6) is 0 Å². The maximum Gasteiger partial charge on any atom is 0.673 e. The van der Waals surface area contributed by atoms with Crippen molar-refractivity contribution in [1.82, 2.24) is 0 Å². The molecule has 0 aliphatic heterocycles. The summed E-state index contributed by atoms with van der Waals surface area (Å²) in [5.41, 5.74) is 0. The van der Waals surface area contributed by atoms with E-state index in [1.807, 2.05) is 6.92 Å². The third-order valence-corrected chi connectivity index (χ3v) is 1.33. The van der Waals surface area contributed by atoms with Crippen molar-refractivity contribution < 1.29 is 37.7 Å². The molecular weight excluding hydrogens is 337 g/mol. The van der Waals surface area contributed by atoms with E-state index < -0.39 is 7.25 Å². The molecule has 0 heterocycles. The number of hydrogen-bond acceptors (Lipinski definition) is 0. The molecule has 6 heteroatoms. The Labute approximate surface area is 123 Å². The predicted octanol–water partition coefficient (Wildman–Crippen LogP) is 4.92. The van der Waals surface area contributed by atoms with Gasteiger partial charge >= 0.3 is 7.25 Å². The van der Waals surface area contributed by atoms with Crippen LogP contribution in [0.3, 0.4) is 0 Å². The topological polar surface area (TPSA) is 0 Å². The summed E-state index contributed by atoms with van der Waals surface area (Å²) >= 11 is 0. The van der Waals surface area contributed by atoms with Gasteiger partial charge in [0.1, 0.15) is 0 Å². The van der Waals surface area contributed by atoms with E-state index in [-0.39, 0.29) is 20.4 Å². The normalized spacial score (nSPS) is 16.0. The average Bonchev–Trinajstić information content (AvgIpc) is 1.96. The molecule has 0 N–H and O–H groups in total. The van der Waals surface area contributed by atoms with Crippen molar-refractivity contribution in [2.24, 2.45) is 0 Å². The van der Waals surface area contributed by atoms with Crippen LogP contribution in [-0.2, 0) is 20.4 Å². The summed E-state index contributed by atoms with van der Waals surface area (Å²) in [6.45, 7) is 8.75. The average molecular weight is 357 g/mol. The van der Waals surface area contributed by atoms with Gasteiger partial charge in [-0.25, -0.2) is 0 Å². The first-order valence-corrected chi connectivity index (χ1v) is 5.38. The summed E-state index contributed by atoms with van der Waals surface area (Å²) in [6.07, 6.45) is 14.0. The third-order valence-electron chi connectivity index (χ3n) is 1.33. The van der Waals surface area contributed by atoms with Gasteiger partial charge in [-0.15, -0.1) is 0 Å². The van der Waals surface area contributed by atoms with Crippen LogP contribution in [0.25, 0.3) is 0 Å². The molecule has 1 aliphatic carbocycles. The molecule has 0 atom stereocenters. The number of hydrogen-bond donors (Lipinski definition) is 0. The molecule has 0 aromatic heterocycles. The second-order valence-electron chi connectivity index (χ2n) is 3.55. The van der Waals surface area contributed by atoms with E-state index in [9.17, 15) is 17.3 Å².